The third kappa shape index (κ3) is 3.23. The Balaban J connectivity index is 2.12. The summed E-state index contributed by atoms with van der Waals surface area (Å²) < 4.78 is 4.68. The van der Waals surface area contributed by atoms with Crippen molar-refractivity contribution in [1.29, 1.82) is 0 Å². The molecule has 0 bridgehead atoms. The van der Waals surface area contributed by atoms with E-state index in [0.717, 1.165) is 9.88 Å². The van der Waals surface area contributed by atoms with Crippen molar-refractivity contribution in [2.75, 3.05) is 18.2 Å². The number of nitrogens with one attached hydrogen (secondary N) is 1. The minimum atomic E-state index is -0.381. The molecule has 0 unspecified atom stereocenters. The number of carbonyl (C=O) groups excluding carboxylic acids is 1. The number of hydrogen-bond donors (Lipinski definition) is 2. The topological polar surface area (TPSA) is 77.2 Å². The van der Waals surface area contributed by atoms with E-state index in [0.29, 0.717) is 23.5 Å². The molecular weight excluding hydrogens is 262 g/mol. The molecule has 0 spiro atoms. The highest BCUT2D eigenvalue weighted by Crippen LogP contribution is 2.22. The summed E-state index contributed by atoms with van der Waals surface area (Å²) in [6, 6.07) is 5.00. The Kier molecular flexibility index (Phi) is 4.01. The van der Waals surface area contributed by atoms with E-state index in [4.69, 9.17) is 5.73 Å². The van der Waals surface area contributed by atoms with Gasteiger partial charge in [0.05, 0.1) is 30.6 Å². The molecule has 1 aromatic carbocycles. The molecule has 0 atom stereocenters. The Morgan fingerprint density at radius 1 is 1.53 bits per heavy atom. The third-order valence-corrected chi connectivity index (χ3v) is 3.49. The van der Waals surface area contributed by atoms with Crippen molar-refractivity contribution in [1.82, 2.24) is 4.98 Å². The molecule has 5 nitrogen and oxygen atoms in total. The van der Waals surface area contributed by atoms with Crippen LogP contribution in [0.4, 0.5) is 11.4 Å². The van der Waals surface area contributed by atoms with Gasteiger partial charge in [-0.15, -0.1) is 11.3 Å². The van der Waals surface area contributed by atoms with Crippen molar-refractivity contribution in [3.05, 3.63) is 39.8 Å². The van der Waals surface area contributed by atoms with E-state index in [9.17, 15) is 4.79 Å². The smallest absolute Gasteiger partial charge is 0.337 e. The van der Waals surface area contributed by atoms with Crippen LogP contribution in [0.15, 0.2) is 24.4 Å². The quantitative estimate of drug-likeness (QED) is 0.663. The van der Waals surface area contributed by atoms with Crippen LogP contribution in [0.5, 0.6) is 0 Å². The highest BCUT2D eigenvalue weighted by Gasteiger charge is 2.08. The number of rotatable bonds is 4. The minimum absolute atomic E-state index is 0.381. The van der Waals surface area contributed by atoms with Gasteiger partial charge in [-0.05, 0) is 25.1 Å². The molecule has 0 saturated heterocycles. The van der Waals surface area contributed by atoms with Crippen LogP contribution in [-0.4, -0.2) is 18.1 Å². The maximum atomic E-state index is 11.5. The lowest BCUT2D eigenvalue weighted by molar-refractivity contribution is 0.0601. The van der Waals surface area contributed by atoms with E-state index in [1.165, 1.54) is 7.11 Å². The number of nitrogens with two attached hydrogens (primary N) is 1. The zero-order valence-corrected chi connectivity index (χ0v) is 11.6. The molecule has 0 aliphatic carbocycles. The fraction of sp³-hybridized carbons (Fsp3) is 0.231. The van der Waals surface area contributed by atoms with Crippen LogP contribution in [-0.2, 0) is 11.3 Å². The first-order valence-corrected chi connectivity index (χ1v) is 6.55. The lowest BCUT2D eigenvalue weighted by atomic mass is 10.1. The van der Waals surface area contributed by atoms with Crippen molar-refractivity contribution in [3.63, 3.8) is 0 Å². The number of thiazole rings is 1. The monoisotopic (exact) mass is 277 g/mol. The van der Waals surface area contributed by atoms with Crippen LogP contribution >= 0.6 is 11.3 Å². The number of benzene rings is 1. The predicted octanol–water partition coefficient (Wildman–Crippen LogP) is 2.43. The van der Waals surface area contributed by atoms with Crippen LogP contribution in [0.3, 0.4) is 0 Å². The summed E-state index contributed by atoms with van der Waals surface area (Å²) >= 11 is 1.62. The van der Waals surface area contributed by atoms with Crippen LogP contribution in [0, 0.1) is 6.92 Å². The largest absolute Gasteiger partial charge is 0.465 e. The molecule has 0 aliphatic rings. The summed E-state index contributed by atoms with van der Waals surface area (Å²) in [7, 11) is 1.35. The van der Waals surface area contributed by atoms with Gasteiger partial charge in [-0.2, -0.15) is 0 Å². The first-order chi connectivity index (χ1) is 9.10. The van der Waals surface area contributed by atoms with Gasteiger partial charge in [-0.3, -0.25) is 0 Å². The molecule has 6 heteroatoms. The van der Waals surface area contributed by atoms with Crippen molar-refractivity contribution >= 4 is 28.7 Å². The van der Waals surface area contributed by atoms with Crippen LogP contribution in [0.1, 0.15) is 20.2 Å². The third-order valence-electron chi connectivity index (χ3n) is 2.57. The van der Waals surface area contributed by atoms with E-state index in [1.807, 2.05) is 13.1 Å². The number of anilines is 2. The Morgan fingerprint density at radius 3 is 2.95 bits per heavy atom. The summed E-state index contributed by atoms with van der Waals surface area (Å²) in [5.41, 5.74) is 7.62. The number of nitrogens with zero attached hydrogens (tertiary/aromatic N) is 1. The van der Waals surface area contributed by atoms with Gasteiger partial charge in [-0.25, -0.2) is 9.78 Å². The average Bonchev–Trinajstić information content (AvgIpc) is 2.82. The van der Waals surface area contributed by atoms with Gasteiger partial charge in [0.1, 0.15) is 5.01 Å². The molecule has 2 rings (SSSR count). The van der Waals surface area contributed by atoms with Gasteiger partial charge < -0.3 is 15.8 Å². The maximum Gasteiger partial charge on any atom is 0.337 e. The summed E-state index contributed by atoms with van der Waals surface area (Å²) in [6.45, 7) is 2.58. The van der Waals surface area contributed by atoms with Crippen molar-refractivity contribution < 1.29 is 9.53 Å². The lowest BCUT2D eigenvalue weighted by Gasteiger charge is -2.09. The lowest BCUT2D eigenvalue weighted by Crippen LogP contribution is -2.06. The number of aryl methyl sites for hydroxylation is 1. The maximum absolute atomic E-state index is 11.5. The Bertz CT molecular complexity index is 595. The SMILES string of the molecule is COC(=O)c1ccc(N)c(NCc2ncc(C)s2)c1. The van der Waals surface area contributed by atoms with Crippen LogP contribution in [0.25, 0.3) is 0 Å². The molecule has 0 aliphatic heterocycles. The van der Waals surface area contributed by atoms with E-state index in [-0.39, 0.29) is 5.97 Å². The second kappa shape index (κ2) is 5.71. The van der Waals surface area contributed by atoms with E-state index >= 15 is 0 Å². The molecule has 1 aromatic heterocycles. The van der Waals surface area contributed by atoms with Gasteiger partial charge in [-0.1, -0.05) is 0 Å². The van der Waals surface area contributed by atoms with Gasteiger partial charge in [0.25, 0.3) is 0 Å². The van der Waals surface area contributed by atoms with Crippen molar-refractivity contribution in [2.24, 2.45) is 0 Å². The molecule has 0 amide bonds. The molecule has 19 heavy (non-hydrogen) atoms. The zero-order valence-electron chi connectivity index (χ0n) is 10.8. The van der Waals surface area contributed by atoms with Crippen LogP contribution in [0.2, 0.25) is 0 Å². The number of nitrogen functional groups attached to an aromatic ring is 1. The molecular formula is C13H15N3O2S. The van der Waals surface area contributed by atoms with Gasteiger partial charge in [0.2, 0.25) is 0 Å². The van der Waals surface area contributed by atoms with Crippen molar-refractivity contribution in [3.8, 4) is 0 Å². The first kappa shape index (κ1) is 13.4. The zero-order chi connectivity index (χ0) is 13.8. The fourth-order valence-corrected chi connectivity index (χ4v) is 2.34. The average molecular weight is 277 g/mol. The van der Waals surface area contributed by atoms with E-state index in [1.54, 1.807) is 29.5 Å². The van der Waals surface area contributed by atoms with Gasteiger partial charge in [0, 0.05) is 11.1 Å². The number of methoxy groups -OCH3 is 1. The highest BCUT2D eigenvalue weighted by molar-refractivity contribution is 7.11. The van der Waals surface area contributed by atoms with E-state index < -0.39 is 0 Å². The Morgan fingerprint density at radius 2 is 2.32 bits per heavy atom. The molecule has 0 fully saturated rings. The van der Waals surface area contributed by atoms with Crippen LogP contribution < -0.4 is 11.1 Å². The Labute approximate surface area is 115 Å². The van der Waals surface area contributed by atoms with E-state index in [2.05, 4.69) is 15.0 Å². The van der Waals surface area contributed by atoms with Gasteiger partial charge in [0.15, 0.2) is 0 Å². The second-order valence-corrected chi connectivity index (χ2v) is 5.33. The first-order valence-electron chi connectivity index (χ1n) is 5.73. The molecule has 0 radical (unpaired) electrons. The molecule has 3 N–H and O–H groups in total. The number of carbonyl (C=O) groups is 1. The molecule has 2 aromatic rings. The number of ether oxygens (including phenoxy) is 1. The standard InChI is InChI=1S/C13H15N3O2S/c1-8-6-16-12(19-8)7-15-11-5-9(13(17)18-2)3-4-10(11)14/h3-6,15H,7,14H2,1-2H3. The molecule has 0 saturated carbocycles. The predicted molar refractivity (Wildman–Crippen MR) is 76.4 cm³/mol. The second-order valence-electron chi connectivity index (χ2n) is 4.01. The normalized spacial score (nSPS) is 10.2. The summed E-state index contributed by atoms with van der Waals surface area (Å²) in [5.74, 6) is -0.381. The molecule has 1 heterocycles. The number of aromatic nitrogens is 1. The van der Waals surface area contributed by atoms with Crippen molar-refractivity contribution in [2.45, 2.75) is 13.5 Å². The minimum Gasteiger partial charge on any atom is -0.465 e. The Hall–Kier alpha value is -2.08. The summed E-state index contributed by atoms with van der Waals surface area (Å²) in [6.07, 6.45) is 1.83. The fourth-order valence-electron chi connectivity index (χ4n) is 1.61. The molecule has 100 valence electrons. The highest BCUT2D eigenvalue weighted by atomic mass is 32.1. The number of esters is 1. The summed E-state index contributed by atoms with van der Waals surface area (Å²) in [5, 5.41) is 4.15. The summed E-state index contributed by atoms with van der Waals surface area (Å²) in [4.78, 5) is 16.9. The number of hydrogen-bond acceptors (Lipinski definition) is 6. The van der Waals surface area contributed by atoms with Gasteiger partial charge >= 0.3 is 5.97 Å².